The molecule has 1 atom stereocenters. The lowest BCUT2D eigenvalue weighted by atomic mass is 10.1. The highest BCUT2D eigenvalue weighted by molar-refractivity contribution is 5.93. The molecule has 2 amide bonds. The molecule has 0 saturated carbocycles. The molecule has 26 heavy (non-hydrogen) atoms. The van der Waals surface area contributed by atoms with E-state index in [0.717, 1.165) is 17.7 Å². The van der Waals surface area contributed by atoms with E-state index in [-0.39, 0.29) is 6.42 Å². The minimum Gasteiger partial charge on any atom is -0.467 e. The molecule has 2 aromatic carbocycles. The van der Waals surface area contributed by atoms with Crippen molar-refractivity contribution < 1.29 is 27.5 Å². The van der Waals surface area contributed by atoms with Gasteiger partial charge >= 0.3 is 18.2 Å². The fraction of sp³-hybridized carbons (Fsp3) is 0.222. The van der Waals surface area contributed by atoms with Crippen molar-refractivity contribution in [3.05, 3.63) is 65.7 Å². The van der Waals surface area contributed by atoms with Crippen LogP contribution in [0.2, 0.25) is 0 Å². The molecule has 0 bridgehead atoms. The third kappa shape index (κ3) is 5.23. The summed E-state index contributed by atoms with van der Waals surface area (Å²) in [5.74, 6) is -0.701. The van der Waals surface area contributed by atoms with E-state index in [9.17, 15) is 22.8 Å². The average Bonchev–Trinajstić information content (AvgIpc) is 2.61. The van der Waals surface area contributed by atoms with E-state index < -0.39 is 35.5 Å². The highest BCUT2D eigenvalue weighted by Gasteiger charge is 2.33. The number of anilines is 1. The minimum absolute atomic E-state index is 0.141. The average molecular weight is 366 g/mol. The van der Waals surface area contributed by atoms with Gasteiger partial charge in [-0.15, -0.1) is 0 Å². The van der Waals surface area contributed by atoms with Crippen molar-refractivity contribution >= 4 is 17.7 Å². The number of hydrogen-bond donors (Lipinski definition) is 2. The molecule has 0 aliphatic rings. The minimum atomic E-state index is -4.62. The molecule has 0 saturated heterocycles. The number of carbonyl (C=O) groups is 2. The smallest absolute Gasteiger partial charge is 0.418 e. The van der Waals surface area contributed by atoms with Gasteiger partial charge in [-0.1, -0.05) is 42.5 Å². The van der Waals surface area contributed by atoms with Crippen LogP contribution in [0.25, 0.3) is 0 Å². The number of ether oxygens (including phenoxy) is 1. The first-order chi connectivity index (χ1) is 12.3. The fourth-order valence-electron chi connectivity index (χ4n) is 2.34. The maximum atomic E-state index is 13.0. The molecule has 2 rings (SSSR count). The Kier molecular flexibility index (Phi) is 6.21. The predicted molar refractivity (Wildman–Crippen MR) is 89.5 cm³/mol. The van der Waals surface area contributed by atoms with Gasteiger partial charge in [0, 0.05) is 6.42 Å². The van der Waals surface area contributed by atoms with Gasteiger partial charge in [-0.3, -0.25) is 0 Å². The molecule has 8 heteroatoms. The third-order valence-electron chi connectivity index (χ3n) is 3.55. The van der Waals surface area contributed by atoms with Crippen LogP contribution >= 0.6 is 0 Å². The number of benzene rings is 2. The zero-order valence-corrected chi connectivity index (χ0v) is 13.8. The summed E-state index contributed by atoms with van der Waals surface area (Å²) in [6, 6.07) is 11.4. The lowest BCUT2D eigenvalue weighted by Crippen LogP contribution is -2.45. The molecule has 0 radical (unpaired) electrons. The molecule has 0 aliphatic carbocycles. The van der Waals surface area contributed by atoms with Crippen LogP contribution in [0.3, 0.4) is 0 Å². The molecule has 2 aromatic rings. The van der Waals surface area contributed by atoms with Crippen LogP contribution in [0.1, 0.15) is 11.1 Å². The number of para-hydroxylation sites is 1. The SMILES string of the molecule is COC(=O)C(Cc1ccccc1)NC(=O)Nc1ccccc1C(F)(F)F. The number of methoxy groups -OCH3 is 1. The van der Waals surface area contributed by atoms with E-state index in [1.54, 1.807) is 30.3 Å². The number of carbonyl (C=O) groups excluding carboxylic acids is 2. The Morgan fingerprint density at radius 2 is 1.65 bits per heavy atom. The summed E-state index contributed by atoms with van der Waals surface area (Å²) in [7, 11) is 1.17. The normalized spacial score (nSPS) is 12.2. The van der Waals surface area contributed by atoms with Crippen LogP contribution in [-0.2, 0) is 22.1 Å². The van der Waals surface area contributed by atoms with Crippen LogP contribution in [0.15, 0.2) is 54.6 Å². The zero-order chi connectivity index (χ0) is 19.2. The maximum absolute atomic E-state index is 13.0. The molecule has 138 valence electrons. The molecule has 0 heterocycles. The topological polar surface area (TPSA) is 67.4 Å². The van der Waals surface area contributed by atoms with E-state index in [4.69, 9.17) is 0 Å². The van der Waals surface area contributed by atoms with Crippen molar-refractivity contribution in [1.82, 2.24) is 5.32 Å². The molecule has 0 aromatic heterocycles. The van der Waals surface area contributed by atoms with E-state index in [1.165, 1.54) is 19.2 Å². The highest BCUT2D eigenvalue weighted by atomic mass is 19.4. The van der Waals surface area contributed by atoms with Gasteiger partial charge < -0.3 is 15.4 Å². The number of hydrogen-bond acceptors (Lipinski definition) is 3. The molecular weight excluding hydrogens is 349 g/mol. The van der Waals surface area contributed by atoms with E-state index in [1.807, 2.05) is 0 Å². The predicted octanol–water partition coefficient (Wildman–Crippen LogP) is 3.61. The summed E-state index contributed by atoms with van der Waals surface area (Å²) in [5, 5.41) is 4.49. The maximum Gasteiger partial charge on any atom is 0.418 e. The van der Waals surface area contributed by atoms with Crippen molar-refractivity contribution in [3.63, 3.8) is 0 Å². The number of nitrogens with one attached hydrogen (secondary N) is 2. The standard InChI is InChI=1S/C18H17F3N2O3/c1-26-16(24)15(11-12-7-3-2-4-8-12)23-17(25)22-14-10-6-5-9-13(14)18(19,20)21/h2-10,15H,11H2,1H3,(H2,22,23,25). The summed E-state index contributed by atoms with van der Waals surface area (Å²) in [4.78, 5) is 24.0. The second-order valence-electron chi connectivity index (χ2n) is 5.41. The zero-order valence-electron chi connectivity index (χ0n) is 13.8. The van der Waals surface area contributed by atoms with E-state index in [2.05, 4.69) is 15.4 Å². The van der Waals surface area contributed by atoms with Gasteiger partial charge in [0.2, 0.25) is 0 Å². The summed E-state index contributed by atoms with van der Waals surface area (Å²) < 4.78 is 43.6. The van der Waals surface area contributed by atoms with Gasteiger partial charge in [0.05, 0.1) is 18.4 Å². The van der Waals surface area contributed by atoms with Crippen molar-refractivity contribution in [2.45, 2.75) is 18.6 Å². The lowest BCUT2D eigenvalue weighted by molar-refractivity contribution is -0.142. The number of urea groups is 1. The van der Waals surface area contributed by atoms with Crippen LogP contribution < -0.4 is 10.6 Å². The Morgan fingerprint density at radius 1 is 1.04 bits per heavy atom. The monoisotopic (exact) mass is 366 g/mol. The first-order valence-corrected chi connectivity index (χ1v) is 7.66. The van der Waals surface area contributed by atoms with Crippen LogP contribution in [0.4, 0.5) is 23.7 Å². The number of amides is 2. The van der Waals surface area contributed by atoms with Crippen LogP contribution in [-0.4, -0.2) is 25.2 Å². The molecule has 5 nitrogen and oxygen atoms in total. The van der Waals surface area contributed by atoms with Crippen molar-refractivity contribution in [2.24, 2.45) is 0 Å². The van der Waals surface area contributed by atoms with E-state index in [0.29, 0.717) is 0 Å². The van der Waals surface area contributed by atoms with Gasteiger partial charge in [-0.2, -0.15) is 13.2 Å². The van der Waals surface area contributed by atoms with Crippen LogP contribution in [0.5, 0.6) is 0 Å². The Balaban J connectivity index is 2.12. The molecule has 1 unspecified atom stereocenters. The van der Waals surface area contributed by atoms with Gasteiger partial charge in [0.25, 0.3) is 0 Å². The number of rotatable bonds is 5. The van der Waals surface area contributed by atoms with Gasteiger partial charge in [-0.05, 0) is 17.7 Å². The van der Waals surface area contributed by atoms with Crippen molar-refractivity contribution in [3.8, 4) is 0 Å². The first kappa shape index (κ1) is 19.3. The fourth-order valence-corrected chi connectivity index (χ4v) is 2.34. The second kappa shape index (κ2) is 8.37. The largest absolute Gasteiger partial charge is 0.467 e. The first-order valence-electron chi connectivity index (χ1n) is 7.66. The molecule has 2 N–H and O–H groups in total. The van der Waals surface area contributed by atoms with Gasteiger partial charge in [-0.25, -0.2) is 9.59 Å². The summed E-state index contributed by atoms with van der Waals surface area (Å²) in [6.07, 6.45) is -4.47. The Labute approximate surface area is 148 Å². The summed E-state index contributed by atoms with van der Waals surface area (Å²) >= 11 is 0. The van der Waals surface area contributed by atoms with Gasteiger partial charge in [0.1, 0.15) is 6.04 Å². The number of esters is 1. The number of alkyl halides is 3. The highest BCUT2D eigenvalue weighted by Crippen LogP contribution is 2.34. The lowest BCUT2D eigenvalue weighted by Gasteiger charge is -2.18. The van der Waals surface area contributed by atoms with Crippen LogP contribution in [0, 0.1) is 0 Å². The number of halogens is 3. The second-order valence-corrected chi connectivity index (χ2v) is 5.41. The summed E-state index contributed by atoms with van der Waals surface area (Å²) in [5.41, 5.74) is -0.618. The molecular formula is C18H17F3N2O3. The van der Waals surface area contributed by atoms with Gasteiger partial charge in [0.15, 0.2) is 0 Å². The van der Waals surface area contributed by atoms with Crippen molar-refractivity contribution in [1.29, 1.82) is 0 Å². The summed E-state index contributed by atoms with van der Waals surface area (Å²) in [6.45, 7) is 0. The molecule has 0 fully saturated rings. The quantitative estimate of drug-likeness (QED) is 0.795. The Morgan fingerprint density at radius 3 is 2.27 bits per heavy atom. The Hall–Kier alpha value is -3.03. The Bertz CT molecular complexity index is 764. The third-order valence-corrected chi connectivity index (χ3v) is 3.55. The van der Waals surface area contributed by atoms with Crippen molar-refractivity contribution in [2.75, 3.05) is 12.4 Å². The molecule has 0 aliphatic heterocycles. The molecule has 0 spiro atoms. The van der Waals surface area contributed by atoms with E-state index >= 15 is 0 Å².